The van der Waals surface area contributed by atoms with Crippen LogP contribution in [0.5, 0.6) is 0 Å². The number of halogens is 1. The van der Waals surface area contributed by atoms with Gasteiger partial charge in [-0.25, -0.2) is 9.78 Å². The second-order valence-corrected chi connectivity index (χ2v) is 12.1. The first-order valence-corrected chi connectivity index (χ1v) is 13.5. The predicted octanol–water partition coefficient (Wildman–Crippen LogP) is 7.02. The Morgan fingerprint density at radius 2 is 1.86 bits per heavy atom. The van der Waals surface area contributed by atoms with Crippen molar-refractivity contribution in [2.75, 3.05) is 7.11 Å². The lowest BCUT2D eigenvalue weighted by Crippen LogP contribution is -2.56. The molecule has 198 valence electrons. The summed E-state index contributed by atoms with van der Waals surface area (Å²) in [6.45, 7) is 12.8. The Morgan fingerprint density at radius 3 is 2.41 bits per heavy atom. The average Bonchev–Trinajstić information content (AvgIpc) is 3.01. The topological polar surface area (TPSA) is 62.6 Å². The molecule has 1 saturated carbocycles. The van der Waals surface area contributed by atoms with Crippen molar-refractivity contribution in [3.8, 4) is 11.1 Å². The van der Waals surface area contributed by atoms with Crippen molar-refractivity contribution in [3.05, 3.63) is 51.8 Å². The van der Waals surface area contributed by atoms with E-state index >= 15 is 0 Å². The maximum atomic E-state index is 13.1. The second kappa shape index (κ2) is 9.40. The first kappa shape index (κ1) is 26.2. The van der Waals surface area contributed by atoms with Crippen molar-refractivity contribution in [1.82, 2.24) is 9.55 Å². The molecule has 1 aliphatic heterocycles. The van der Waals surface area contributed by atoms with E-state index in [2.05, 4.69) is 18.4 Å². The number of esters is 1. The summed E-state index contributed by atoms with van der Waals surface area (Å²) >= 11 is 6.26. The molecule has 1 saturated heterocycles. The molecule has 6 nitrogen and oxygen atoms in total. The molecule has 3 heterocycles. The van der Waals surface area contributed by atoms with Gasteiger partial charge in [0, 0.05) is 39.3 Å². The summed E-state index contributed by atoms with van der Waals surface area (Å²) in [5, 5.41) is 1.67. The zero-order valence-corrected chi connectivity index (χ0v) is 23.7. The van der Waals surface area contributed by atoms with Crippen LogP contribution in [0.25, 0.3) is 22.2 Å². The SMILES string of the molecule is COC(=O)[C@@H](OC(C)(C)C)c1c(C)nc2c(c(C)c(C)n2CC2CC3(CCC3)O2)c1-c1ccc(Cl)cc1. The monoisotopic (exact) mass is 524 g/mol. The molecule has 0 N–H and O–H groups in total. The van der Waals surface area contributed by atoms with E-state index in [-0.39, 0.29) is 11.7 Å². The van der Waals surface area contributed by atoms with Gasteiger partial charge in [0.2, 0.25) is 0 Å². The summed E-state index contributed by atoms with van der Waals surface area (Å²) in [4.78, 5) is 18.2. The Hall–Kier alpha value is -2.41. The number of nitrogens with zero attached hydrogens (tertiary/aromatic N) is 2. The van der Waals surface area contributed by atoms with Gasteiger partial charge in [-0.3, -0.25) is 0 Å². The number of aromatic nitrogens is 2. The summed E-state index contributed by atoms with van der Waals surface area (Å²) in [5.74, 6) is -0.447. The molecule has 7 heteroatoms. The molecule has 1 aromatic carbocycles. The minimum absolute atomic E-state index is 0.138. The minimum Gasteiger partial charge on any atom is -0.467 e. The number of benzene rings is 1. The van der Waals surface area contributed by atoms with Crippen LogP contribution in [0.4, 0.5) is 0 Å². The number of carbonyl (C=O) groups excluding carboxylic acids is 1. The number of aryl methyl sites for hydroxylation is 2. The molecule has 5 rings (SSSR count). The average molecular weight is 525 g/mol. The first-order valence-electron chi connectivity index (χ1n) is 13.1. The molecule has 1 spiro atoms. The number of rotatable bonds is 6. The standard InChI is InChI=1S/C30H37ClN2O4/c1-17-19(3)33(16-22-15-30(36-22)13-8-14-30)27-23(17)25(20-9-11-21(31)12-10-20)24(18(2)32-27)26(28(34)35-7)37-29(4,5)6/h9-12,22,26H,8,13-16H2,1-7H3/t22?,26-/m0/s1. The highest BCUT2D eigenvalue weighted by Crippen LogP contribution is 2.49. The molecule has 0 amide bonds. The van der Waals surface area contributed by atoms with Gasteiger partial charge in [-0.15, -0.1) is 0 Å². The molecule has 1 aliphatic carbocycles. The van der Waals surface area contributed by atoms with Crippen LogP contribution in [0.2, 0.25) is 5.02 Å². The molecule has 0 radical (unpaired) electrons. The second-order valence-electron chi connectivity index (χ2n) is 11.6. The highest BCUT2D eigenvalue weighted by molar-refractivity contribution is 6.30. The van der Waals surface area contributed by atoms with Crippen molar-refractivity contribution < 1.29 is 19.0 Å². The van der Waals surface area contributed by atoms with Gasteiger partial charge in [0.15, 0.2) is 6.10 Å². The van der Waals surface area contributed by atoms with Crippen LogP contribution in [0, 0.1) is 20.8 Å². The van der Waals surface area contributed by atoms with E-state index in [1.807, 2.05) is 52.0 Å². The Balaban J connectivity index is 1.72. The summed E-state index contributed by atoms with van der Waals surface area (Å²) in [6, 6.07) is 7.74. The lowest BCUT2D eigenvalue weighted by Gasteiger charge is -2.54. The maximum Gasteiger partial charge on any atom is 0.339 e. The number of methoxy groups -OCH3 is 1. The largest absolute Gasteiger partial charge is 0.467 e. The summed E-state index contributed by atoms with van der Waals surface area (Å²) in [7, 11) is 1.39. The third-order valence-corrected chi connectivity index (χ3v) is 8.19. The third kappa shape index (κ3) is 4.68. The molecule has 3 aromatic rings. The maximum absolute atomic E-state index is 13.1. The summed E-state index contributed by atoms with van der Waals surface area (Å²) in [6.07, 6.45) is 4.00. The van der Waals surface area contributed by atoms with Crippen LogP contribution in [0.1, 0.15) is 75.1 Å². The number of hydrogen-bond acceptors (Lipinski definition) is 5. The summed E-state index contributed by atoms with van der Waals surface area (Å²) in [5.41, 5.74) is 6.10. The van der Waals surface area contributed by atoms with E-state index in [1.54, 1.807) is 0 Å². The van der Waals surface area contributed by atoms with Gasteiger partial charge in [0.1, 0.15) is 5.65 Å². The molecule has 1 unspecified atom stereocenters. The number of ether oxygens (including phenoxy) is 3. The van der Waals surface area contributed by atoms with Gasteiger partial charge in [-0.2, -0.15) is 0 Å². The zero-order chi connectivity index (χ0) is 26.7. The molecular weight excluding hydrogens is 488 g/mol. The fourth-order valence-corrected chi connectivity index (χ4v) is 6.02. The van der Waals surface area contributed by atoms with E-state index in [1.165, 1.54) is 26.4 Å². The van der Waals surface area contributed by atoms with Crippen molar-refractivity contribution in [3.63, 3.8) is 0 Å². The van der Waals surface area contributed by atoms with E-state index in [9.17, 15) is 4.79 Å². The number of pyridine rings is 1. The Labute approximate surface area is 224 Å². The molecular formula is C30H37ClN2O4. The molecule has 2 aromatic heterocycles. The van der Waals surface area contributed by atoms with Crippen LogP contribution >= 0.6 is 11.6 Å². The van der Waals surface area contributed by atoms with Crippen LogP contribution < -0.4 is 0 Å². The Morgan fingerprint density at radius 1 is 1.22 bits per heavy atom. The molecule has 2 atom stereocenters. The van der Waals surface area contributed by atoms with Crippen LogP contribution in [-0.2, 0) is 25.5 Å². The van der Waals surface area contributed by atoms with E-state index in [0.29, 0.717) is 5.02 Å². The highest BCUT2D eigenvalue weighted by atomic mass is 35.5. The highest BCUT2D eigenvalue weighted by Gasteiger charge is 2.49. The Kier molecular flexibility index (Phi) is 6.66. The lowest BCUT2D eigenvalue weighted by atomic mass is 9.72. The van der Waals surface area contributed by atoms with E-state index < -0.39 is 17.7 Å². The van der Waals surface area contributed by atoms with Crippen LogP contribution in [0.15, 0.2) is 24.3 Å². The van der Waals surface area contributed by atoms with Gasteiger partial charge >= 0.3 is 5.97 Å². The quantitative estimate of drug-likeness (QED) is 0.324. The minimum atomic E-state index is -0.927. The van der Waals surface area contributed by atoms with Crippen LogP contribution in [0.3, 0.4) is 0 Å². The number of fused-ring (bicyclic) bond motifs is 1. The van der Waals surface area contributed by atoms with E-state index in [4.69, 9.17) is 30.8 Å². The molecule has 2 fully saturated rings. The first-order chi connectivity index (χ1) is 17.4. The molecule has 0 bridgehead atoms. The normalized spacial score (nSPS) is 19.5. The van der Waals surface area contributed by atoms with Crippen LogP contribution in [-0.4, -0.2) is 39.9 Å². The summed E-state index contributed by atoms with van der Waals surface area (Å²) < 4.78 is 20.2. The molecule has 2 aliphatic rings. The van der Waals surface area contributed by atoms with Crippen molar-refractivity contribution in [1.29, 1.82) is 0 Å². The van der Waals surface area contributed by atoms with Crippen molar-refractivity contribution >= 4 is 28.6 Å². The lowest BCUT2D eigenvalue weighted by molar-refractivity contribution is -0.245. The third-order valence-electron chi connectivity index (χ3n) is 7.93. The van der Waals surface area contributed by atoms with Crippen molar-refractivity contribution in [2.45, 2.75) is 97.2 Å². The van der Waals surface area contributed by atoms with Gasteiger partial charge < -0.3 is 18.8 Å². The van der Waals surface area contributed by atoms with Gasteiger partial charge in [0.25, 0.3) is 0 Å². The van der Waals surface area contributed by atoms with Gasteiger partial charge in [-0.1, -0.05) is 23.7 Å². The van der Waals surface area contributed by atoms with Gasteiger partial charge in [-0.05, 0) is 84.1 Å². The smallest absolute Gasteiger partial charge is 0.339 e. The zero-order valence-electron chi connectivity index (χ0n) is 22.9. The fraction of sp³-hybridized carbons (Fsp3) is 0.533. The van der Waals surface area contributed by atoms with E-state index in [0.717, 1.165) is 57.6 Å². The predicted molar refractivity (Wildman–Crippen MR) is 146 cm³/mol. The Bertz CT molecular complexity index is 1340. The number of hydrogen-bond donors (Lipinski definition) is 0. The fourth-order valence-electron chi connectivity index (χ4n) is 5.90. The van der Waals surface area contributed by atoms with Crippen molar-refractivity contribution in [2.24, 2.45) is 0 Å². The number of carbonyl (C=O) groups is 1. The van der Waals surface area contributed by atoms with Gasteiger partial charge in [0.05, 0.1) is 31.0 Å². The molecule has 37 heavy (non-hydrogen) atoms.